The summed E-state index contributed by atoms with van der Waals surface area (Å²) in [7, 11) is 0. The van der Waals surface area contributed by atoms with E-state index in [1.807, 2.05) is 0 Å². The molecular weight excluding hydrogens is 456 g/mol. The molecule has 32 heavy (non-hydrogen) atoms. The molecule has 7 nitrogen and oxygen atoms in total. The fraction of sp³-hybridized carbons (Fsp3) is 0.318. The van der Waals surface area contributed by atoms with E-state index in [1.54, 1.807) is 30.3 Å². The van der Waals surface area contributed by atoms with Crippen LogP contribution in [0.3, 0.4) is 0 Å². The second kappa shape index (κ2) is 9.85. The molecule has 0 atom stereocenters. The van der Waals surface area contributed by atoms with Crippen LogP contribution in [-0.2, 0) is 0 Å². The summed E-state index contributed by atoms with van der Waals surface area (Å²) >= 11 is 0. The maximum Gasteiger partial charge on any atom is 0.261 e. The Hall–Kier alpha value is -2.68. The van der Waals surface area contributed by atoms with Crippen molar-refractivity contribution in [1.29, 1.82) is 0 Å². The number of rotatable bonds is 5. The van der Waals surface area contributed by atoms with Crippen LogP contribution >= 0.6 is 24.8 Å². The predicted molar refractivity (Wildman–Crippen MR) is 126 cm³/mol. The van der Waals surface area contributed by atoms with Gasteiger partial charge in [0, 0.05) is 38.1 Å². The van der Waals surface area contributed by atoms with Crippen molar-refractivity contribution in [2.75, 3.05) is 44.2 Å². The number of piperazine rings is 1. The highest BCUT2D eigenvalue weighted by molar-refractivity contribution is 6.21. The van der Waals surface area contributed by atoms with Gasteiger partial charge in [0.15, 0.2) is 5.82 Å². The number of nitrogens with one attached hydrogen (secondary N) is 1. The zero-order chi connectivity index (χ0) is 20.7. The maximum absolute atomic E-state index is 13.4. The minimum atomic E-state index is -0.277. The van der Waals surface area contributed by atoms with Gasteiger partial charge < -0.3 is 4.90 Å². The Bertz CT molecular complexity index is 1100. The summed E-state index contributed by atoms with van der Waals surface area (Å²) in [5, 5.41) is 8.20. The average Bonchev–Trinajstić information content (AvgIpc) is 3.29. The van der Waals surface area contributed by atoms with Crippen LogP contribution in [0.1, 0.15) is 27.1 Å². The van der Waals surface area contributed by atoms with E-state index >= 15 is 0 Å². The van der Waals surface area contributed by atoms with Crippen molar-refractivity contribution in [3.8, 4) is 0 Å². The number of amides is 2. The number of hydrogen-bond acceptors (Lipinski definition) is 5. The minimum Gasteiger partial charge on any atom is -0.352 e. The van der Waals surface area contributed by atoms with Crippen molar-refractivity contribution < 1.29 is 14.0 Å². The molecule has 0 bridgehead atoms. The third-order valence-corrected chi connectivity index (χ3v) is 5.91. The number of imide groups is 1. The summed E-state index contributed by atoms with van der Waals surface area (Å²) in [6, 6.07) is 11.7. The minimum absolute atomic E-state index is 0. The van der Waals surface area contributed by atoms with Gasteiger partial charge in [-0.25, -0.2) is 4.39 Å². The lowest BCUT2D eigenvalue weighted by molar-refractivity contribution is 0.0647. The molecular formula is C22H24Cl2FN5O2. The van der Waals surface area contributed by atoms with Crippen molar-refractivity contribution >= 4 is 53.3 Å². The van der Waals surface area contributed by atoms with Crippen LogP contribution in [-0.4, -0.2) is 71.1 Å². The fourth-order valence-electron chi connectivity index (χ4n) is 4.30. The molecule has 1 fully saturated rings. The van der Waals surface area contributed by atoms with Gasteiger partial charge >= 0.3 is 0 Å². The number of anilines is 1. The Morgan fingerprint density at radius 3 is 2.22 bits per heavy atom. The first kappa shape index (κ1) is 24.0. The summed E-state index contributed by atoms with van der Waals surface area (Å²) in [6.45, 7) is 4.65. The number of nitrogens with zero attached hydrogens (tertiary/aromatic N) is 4. The van der Waals surface area contributed by atoms with Crippen LogP contribution in [0.4, 0.5) is 10.2 Å². The van der Waals surface area contributed by atoms with E-state index in [4.69, 9.17) is 0 Å². The monoisotopic (exact) mass is 479 g/mol. The third kappa shape index (κ3) is 4.30. The predicted octanol–water partition coefficient (Wildman–Crippen LogP) is 3.35. The lowest BCUT2D eigenvalue weighted by atomic mass is 10.1. The van der Waals surface area contributed by atoms with Gasteiger partial charge in [0.1, 0.15) is 5.82 Å². The topological polar surface area (TPSA) is 72.5 Å². The second-order valence-corrected chi connectivity index (χ2v) is 7.73. The summed E-state index contributed by atoms with van der Waals surface area (Å²) in [4.78, 5) is 30.8. The van der Waals surface area contributed by atoms with E-state index < -0.39 is 0 Å². The standard InChI is InChI=1S/C22H22FN5O2.2ClH/c23-15-6-7-18-19(14-15)24-25-20(18)27-12-10-26(11-13-27)8-3-9-28-21(29)16-4-1-2-5-17(16)22(28)30;;/h1-2,4-7,14H,3,8-13H2,(H,24,25);2*1H. The molecule has 1 aromatic heterocycles. The Kier molecular flexibility index (Phi) is 7.38. The second-order valence-electron chi connectivity index (χ2n) is 7.73. The molecule has 2 aliphatic rings. The van der Waals surface area contributed by atoms with Crippen LogP contribution in [0.2, 0.25) is 0 Å². The first-order valence-corrected chi connectivity index (χ1v) is 10.2. The van der Waals surface area contributed by atoms with Gasteiger partial charge in [-0.3, -0.25) is 24.5 Å². The van der Waals surface area contributed by atoms with E-state index in [-0.39, 0.29) is 42.4 Å². The van der Waals surface area contributed by atoms with Crippen molar-refractivity contribution in [3.05, 3.63) is 59.4 Å². The first-order valence-electron chi connectivity index (χ1n) is 10.2. The highest BCUT2D eigenvalue weighted by Gasteiger charge is 2.34. The molecule has 0 aliphatic carbocycles. The van der Waals surface area contributed by atoms with Gasteiger partial charge in [0.2, 0.25) is 0 Å². The lowest BCUT2D eigenvalue weighted by Gasteiger charge is -2.35. The normalized spacial score (nSPS) is 16.2. The molecule has 0 radical (unpaired) electrons. The van der Waals surface area contributed by atoms with Gasteiger partial charge in [-0.2, -0.15) is 5.10 Å². The number of halogens is 3. The van der Waals surface area contributed by atoms with E-state index in [2.05, 4.69) is 20.0 Å². The highest BCUT2D eigenvalue weighted by Crippen LogP contribution is 2.26. The van der Waals surface area contributed by atoms with Crippen LogP contribution < -0.4 is 4.90 Å². The fourth-order valence-corrected chi connectivity index (χ4v) is 4.30. The number of H-pyrrole nitrogens is 1. The highest BCUT2D eigenvalue weighted by atomic mass is 35.5. The maximum atomic E-state index is 13.4. The zero-order valence-electron chi connectivity index (χ0n) is 17.3. The van der Waals surface area contributed by atoms with Crippen LogP contribution in [0, 0.1) is 5.82 Å². The summed E-state index contributed by atoms with van der Waals surface area (Å²) in [5.41, 5.74) is 1.71. The number of hydrogen-bond donors (Lipinski definition) is 1. The van der Waals surface area contributed by atoms with Gasteiger partial charge in [-0.15, -0.1) is 24.8 Å². The quantitative estimate of drug-likeness (QED) is 0.568. The number of carbonyl (C=O) groups excluding carboxylic acids is 2. The van der Waals surface area contributed by atoms with E-state index in [0.29, 0.717) is 23.2 Å². The molecule has 1 saturated heterocycles. The molecule has 2 amide bonds. The molecule has 0 unspecified atom stereocenters. The van der Waals surface area contributed by atoms with Gasteiger partial charge in [0.25, 0.3) is 11.8 Å². The molecule has 2 aromatic carbocycles. The number of benzene rings is 2. The average molecular weight is 480 g/mol. The zero-order valence-corrected chi connectivity index (χ0v) is 18.9. The van der Waals surface area contributed by atoms with Gasteiger partial charge in [-0.05, 0) is 43.3 Å². The Morgan fingerprint density at radius 2 is 1.56 bits per heavy atom. The smallest absolute Gasteiger partial charge is 0.261 e. The molecule has 2 aliphatic heterocycles. The molecule has 5 rings (SSSR count). The van der Waals surface area contributed by atoms with Gasteiger partial charge in [-0.1, -0.05) is 12.1 Å². The lowest BCUT2D eigenvalue weighted by Crippen LogP contribution is -2.47. The first-order chi connectivity index (χ1) is 14.6. The molecule has 10 heteroatoms. The SMILES string of the molecule is Cl.Cl.O=C1c2ccccc2C(=O)N1CCCN1CCN(c2n[nH]c3cc(F)ccc23)CC1. The molecule has 3 aromatic rings. The van der Waals surface area contributed by atoms with E-state index in [9.17, 15) is 14.0 Å². The molecule has 3 heterocycles. The van der Waals surface area contributed by atoms with Crippen LogP contribution in [0.15, 0.2) is 42.5 Å². The number of fused-ring (bicyclic) bond motifs is 2. The summed E-state index contributed by atoms with van der Waals surface area (Å²) in [6.07, 6.45) is 0.746. The molecule has 0 saturated carbocycles. The molecule has 1 N–H and O–H groups in total. The summed E-state index contributed by atoms with van der Waals surface area (Å²) in [5.74, 6) is 0.195. The Labute approximate surface area is 197 Å². The van der Waals surface area contributed by atoms with Crippen molar-refractivity contribution in [3.63, 3.8) is 0 Å². The van der Waals surface area contributed by atoms with Crippen LogP contribution in [0.25, 0.3) is 10.9 Å². The Balaban J connectivity index is 0.00000144. The van der Waals surface area contributed by atoms with Crippen molar-refractivity contribution in [2.45, 2.75) is 6.42 Å². The van der Waals surface area contributed by atoms with Crippen molar-refractivity contribution in [2.24, 2.45) is 0 Å². The van der Waals surface area contributed by atoms with Gasteiger partial charge in [0.05, 0.1) is 16.6 Å². The number of aromatic amines is 1. The van der Waals surface area contributed by atoms with Crippen LogP contribution in [0.5, 0.6) is 0 Å². The third-order valence-electron chi connectivity index (χ3n) is 5.91. The van der Waals surface area contributed by atoms with Crippen molar-refractivity contribution in [1.82, 2.24) is 20.0 Å². The Morgan fingerprint density at radius 1 is 0.906 bits per heavy atom. The van der Waals surface area contributed by atoms with E-state index in [0.717, 1.165) is 50.3 Å². The molecule has 0 spiro atoms. The number of aromatic nitrogens is 2. The van der Waals surface area contributed by atoms with E-state index in [1.165, 1.54) is 17.0 Å². The summed E-state index contributed by atoms with van der Waals surface area (Å²) < 4.78 is 13.4. The number of carbonyl (C=O) groups is 2. The largest absolute Gasteiger partial charge is 0.352 e. The molecule has 170 valence electrons.